The molecule has 2 N–H and O–H groups in total. The largest absolute Gasteiger partial charge is 0.508 e. The van der Waals surface area contributed by atoms with Crippen LogP contribution < -0.4 is 5.32 Å². The zero-order chi connectivity index (χ0) is 25.6. The van der Waals surface area contributed by atoms with E-state index >= 15 is 0 Å². The summed E-state index contributed by atoms with van der Waals surface area (Å²) in [4.78, 5) is 36.8. The predicted molar refractivity (Wildman–Crippen MR) is 133 cm³/mol. The Morgan fingerprint density at radius 1 is 1.27 bits per heavy atom. The van der Waals surface area contributed by atoms with Gasteiger partial charge in [0.05, 0.1) is 24.3 Å². The highest BCUT2D eigenvalue weighted by atomic mass is 16.7. The summed E-state index contributed by atoms with van der Waals surface area (Å²) >= 11 is 0. The Kier molecular flexibility index (Phi) is 6.26. The van der Waals surface area contributed by atoms with Gasteiger partial charge >= 0.3 is 6.09 Å². The van der Waals surface area contributed by atoms with Crippen LogP contribution in [0.3, 0.4) is 0 Å². The molecule has 37 heavy (non-hydrogen) atoms. The first kappa shape index (κ1) is 24.2. The van der Waals surface area contributed by atoms with E-state index in [2.05, 4.69) is 18.3 Å². The zero-order valence-corrected chi connectivity index (χ0v) is 21.2. The summed E-state index contributed by atoms with van der Waals surface area (Å²) in [6.07, 6.45) is 10.5. The van der Waals surface area contributed by atoms with Gasteiger partial charge in [-0.3, -0.25) is 9.63 Å². The summed E-state index contributed by atoms with van der Waals surface area (Å²) in [5.74, 6) is 1.93. The topological polar surface area (TPSA) is 101 Å². The van der Waals surface area contributed by atoms with E-state index in [0.29, 0.717) is 18.9 Å². The number of nitrogens with zero attached hydrogens (tertiary/aromatic N) is 2. The van der Waals surface area contributed by atoms with Gasteiger partial charge in [-0.05, 0) is 61.6 Å². The van der Waals surface area contributed by atoms with Gasteiger partial charge in [-0.15, -0.1) is 0 Å². The number of hydroxylamine groups is 4. The minimum Gasteiger partial charge on any atom is -0.508 e. The number of allylic oxidation sites excluding steroid dienone is 1. The number of ether oxygens (including phenoxy) is 1. The summed E-state index contributed by atoms with van der Waals surface area (Å²) in [6.45, 7) is 3.22. The van der Waals surface area contributed by atoms with Gasteiger partial charge in [0.25, 0.3) is 5.91 Å². The molecule has 2 unspecified atom stereocenters. The number of para-hydroxylation sites is 1. The Balaban J connectivity index is 1.08. The number of benzene rings is 1. The number of carbonyl (C=O) groups excluding carboxylic acids is 2. The van der Waals surface area contributed by atoms with Crippen LogP contribution in [0, 0.1) is 17.3 Å². The van der Waals surface area contributed by atoms with Gasteiger partial charge in [0.2, 0.25) is 0 Å². The monoisotopic (exact) mass is 509 g/mol. The fourth-order valence-electron chi connectivity index (χ4n) is 6.88. The molecule has 9 heteroatoms. The van der Waals surface area contributed by atoms with Gasteiger partial charge in [0.15, 0.2) is 0 Å². The molecular weight excluding hydrogens is 474 g/mol. The van der Waals surface area contributed by atoms with E-state index in [-0.39, 0.29) is 42.2 Å². The van der Waals surface area contributed by atoms with Gasteiger partial charge in [0.1, 0.15) is 24.5 Å². The summed E-state index contributed by atoms with van der Waals surface area (Å²) in [7, 11) is 0. The van der Waals surface area contributed by atoms with E-state index < -0.39 is 12.1 Å². The van der Waals surface area contributed by atoms with E-state index in [9.17, 15) is 14.7 Å². The average molecular weight is 510 g/mol. The van der Waals surface area contributed by atoms with Gasteiger partial charge in [0, 0.05) is 18.5 Å². The molecule has 3 heterocycles. The molecule has 2 aliphatic carbocycles. The normalized spacial score (nSPS) is 32.5. The Bertz CT molecular complexity index is 1130. The molecule has 6 rings (SSSR count). The molecule has 0 bridgehead atoms. The molecule has 0 aromatic heterocycles. The number of amides is 2. The van der Waals surface area contributed by atoms with Crippen molar-refractivity contribution in [3.8, 4) is 5.75 Å². The van der Waals surface area contributed by atoms with E-state index in [4.69, 9.17) is 14.4 Å². The van der Waals surface area contributed by atoms with Crippen LogP contribution >= 0.6 is 0 Å². The van der Waals surface area contributed by atoms with Crippen LogP contribution in [-0.4, -0.2) is 59.1 Å². The summed E-state index contributed by atoms with van der Waals surface area (Å²) < 4.78 is 6.48. The first-order valence-electron chi connectivity index (χ1n) is 13.5. The SMILES string of the molecule is CC1CC[C@H]2OC3=C4[C@H](CCC3)CN(OC(=O)N[C@@H]3CON(CCc5ccccc5O)C3=O)C=CC42C1. The fraction of sp³-hybridized carbons (Fsp3) is 0.571. The van der Waals surface area contributed by atoms with Crippen LogP contribution in [0.15, 0.2) is 47.9 Å². The van der Waals surface area contributed by atoms with Gasteiger partial charge in [-0.2, -0.15) is 0 Å². The second kappa shape index (κ2) is 9.59. The molecule has 3 aliphatic heterocycles. The second-order valence-corrected chi connectivity index (χ2v) is 11.1. The maximum atomic E-state index is 12.8. The standard InChI is InChI=1S/C28H35N3O6/c1-18-9-10-24-28(15-18)12-14-30(16-20-6-4-8-23(36-24)25(20)28)37-27(34)29-21-17-35-31(26(21)33)13-11-19-5-2-3-7-22(19)32/h2-3,5,7,12,14,18,20-21,24,32H,4,6,8-11,13,15-17H2,1H3,(H,29,34)/t18?,20-,21-,24-,28?/m1/s1. The van der Waals surface area contributed by atoms with Gasteiger partial charge in [-0.25, -0.2) is 14.9 Å². The van der Waals surface area contributed by atoms with Gasteiger partial charge < -0.3 is 20.0 Å². The molecule has 198 valence electrons. The van der Waals surface area contributed by atoms with E-state index in [1.54, 1.807) is 23.3 Å². The Morgan fingerprint density at radius 2 is 2.14 bits per heavy atom. The third kappa shape index (κ3) is 4.43. The van der Waals surface area contributed by atoms with Crippen molar-refractivity contribution in [2.24, 2.45) is 17.3 Å². The number of phenolic OH excluding ortho intramolecular Hbond substituents is 1. The van der Waals surface area contributed by atoms with Crippen molar-refractivity contribution in [3.63, 3.8) is 0 Å². The van der Waals surface area contributed by atoms with Crippen molar-refractivity contribution < 1.29 is 29.1 Å². The minimum atomic E-state index is -0.813. The molecule has 1 saturated carbocycles. The molecule has 9 nitrogen and oxygen atoms in total. The van der Waals surface area contributed by atoms with Crippen molar-refractivity contribution in [2.75, 3.05) is 19.7 Å². The van der Waals surface area contributed by atoms with Crippen molar-refractivity contribution in [1.82, 2.24) is 15.4 Å². The van der Waals surface area contributed by atoms with E-state index in [1.807, 2.05) is 12.3 Å². The quantitative estimate of drug-likeness (QED) is 0.623. The van der Waals surface area contributed by atoms with Crippen LogP contribution in [0.2, 0.25) is 0 Å². The minimum absolute atomic E-state index is 0.0451. The predicted octanol–water partition coefficient (Wildman–Crippen LogP) is 3.81. The molecule has 5 atom stereocenters. The lowest BCUT2D eigenvalue weighted by Crippen LogP contribution is -2.45. The van der Waals surface area contributed by atoms with Gasteiger partial charge in [-0.1, -0.05) is 31.2 Å². The average Bonchev–Trinajstić information content (AvgIpc) is 3.34. The highest BCUT2D eigenvalue weighted by Crippen LogP contribution is 2.59. The number of aromatic hydroxyl groups is 1. The molecule has 2 fully saturated rings. The molecule has 1 saturated heterocycles. The smallest absolute Gasteiger partial charge is 0.432 e. The number of phenols is 1. The highest BCUT2D eigenvalue weighted by Gasteiger charge is 2.55. The second-order valence-electron chi connectivity index (χ2n) is 11.1. The molecule has 0 radical (unpaired) electrons. The van der Waals surface area contributed by atoms with Crippen LogP contribution in [0.25, 0.3) is 0 Å². The van der Waals surface area contributed by atoms with Crippen molar-refractivity contribution in [2.45, 2.75) is 64.0 Å². The highest BCUT2D eigenvalue weighted by molar-refractivity contribution is 5.86. The number of hydrogen-bond donors (Lipinski definition) is 2. The number of hydrogen-bond acceptors (Lipinski definition) is 7. The molecule has 1 spiro atoms. The number of rotatable bonds is 5. The number of carbonyl (C=O) groups is 2. The van der Waals surface area contributed by atoms with Crippen LogP contribution in [0.1, 0.15) is 51.0 Å². The lowest BCUT2D eigenvalue weighted by molar-refractivity contribution is -0.161. The molecule has 1 aromatic carbocycles. The lowest BCUT2D eigenvalue weighted by atomic mass is 9.61. The van der Waals surface area contributed by atoms with Crippen LogP contribution in [0.4, 0.5) is 4.79 Å². The van der Waals surface area contributed by atoms with Crippen molar-refractivity contribution in [3.05, 3.63) is 53.4 Å². The number of nitrogens with one attached hydrogen (secondary N) is 1. The summed E-state index contributed by atoms with van der Waals surface area (Å²) in [5, 5.41) is 15.5. The summed E-state index contributed by atoms with van der Waals surface area (Å²) in [5.41, 5.74) is 2.06. The molecular formula is C28H35N3O6. The Morgan fingerprint density at radius 3 is 3.00 bits per heavy atom. The van der Waals surface area contributed by atoms with Crippen LogP contribution in [-0.2, 0) is 25.6 Å². The first-order valence-corrected chi connectivity index (χ1v) is 13.5. The van der Waals surface area contributed by atoms with Crippen LogP contribution in [0.5, 0.6) is 5.75 Å². The lowest BCUT2D eigenvalue weighted by Gasteiger charge is -2.41. The molecule has 5 aliphatic rings. The Labute approximate surface area is 216 Å². The molecule has 1 aromatic rings. The molecule has 2 amide bonds. The third-order valence-electron chi connectivity index (χ3n) is 8.58. The maximum Gasteiger partial charge on any atom is 0.432 e. The van der Waals surface area contributed by atoms with E-state index in [1.165, 1.54) is 22.8 Å². The maximum absolute atomic E-state index is 12.8. The Hall–Kier alpha value is -3.20. The third-order valence-corrected chi connectivity index (χ3v) is 8.58. The first-order chi connectivity index (χ1) is 17.9. The van der Waals surface area contributed by atoms with Crippen molar-refractivity contribution in [1.29, 1.82) is 0 Å². The van der Waals surface area contributed by atoms with Crippen molar-refractivity contribution >= 4 is 12.0 Å². The fourth-order valence-corrected chi connectivity index (χ4v) is 6.88. The zero-order valence-electron chi connectivity index (χ0n) is 21.2. The summed E-state index contributed by atoms with van der Waals surface area (Å²) in [6, 6.07) is 6.18. The van der Waals surface area contributed by atoms with E-state index in [0.717, 1.165) is 37.7 Å².